The van der Waals surface area contributed by atoms with Gasteiger partial charge in [0.1, 0.15) is 11.4 Å². The molecule has 0 aromatic heterocycles. The number of anilines is 3. The third-order valence-electron chi connectivity index (χ3n) is 2.48. The highest BCUT2D eigenvalue weighted by atomic mass is 16.2. The van der Waals surface area contributed by atoms with Crippen LogP contribution in [0.25, 0.3) is 0 Å². The van der Waals surface area contributed by atoms with Crippen molar-refractivity contribution in [3.8, 4) is 0 Å². The zero-order valence-electron chi connectivity index (χ0n) is 9.13. The lowest BCUT2D eigenvalue weighted by molar-refractivity contribution is 1.33. The molecule has 0 spiro atoms. The summed E-state index contributed by atoms with van der Waals surface area (Å²) in [5.74, 6) is 0. The Hall–Kier alpha value is -2.10. The fourth-order valence-electron chi connectivity index (χ4n) is 1.53. The molecule has 0 aliphatic carbocycles. The molecule has 0 aliphatic rings. The first-order valence-electron chi connectivity index (χ1n) is 4.98. The van der Waals surface area contributed by atoms with Crippen molar-refractivity contribution in [2.75, 3.05) is 17.7 Å². The SMILES string of the molecule is CNc1c(Nc2ccc(C)cc2)c(=O)c1=O. The van der Waals surface area contributed by atoms with Crippen molar-refractivity contribution in [2.24, 2.45) is 0 Å². The molecule has 0 bridgehead atoms. The number of aryl methyl sites for hydroxylation is 1. The summed E-state index contributed by atoms with van der Waals surface area (Å²) in [4.78, 5) is 22.4. The zero-order chi connectivity index (χ0) is 11.7. The van der Waals surface area contributed by atoms with Gasteiger partial charge in [-0.3, -0.25) is 9.59 Å². The average Bonchev–Trinajstić information content (AvgIpc) is 2.30. The summed E-state index contributed by atoms with van der Waals surface area (Å²) in [5.41, 5.74) is 1.71. The highest BCUT2D eigenvalue weighted by Crippen LogP contribution is 2.20. The summed E-state index contributed by atoms with van der Waals surface area (Å²) >= 11 is 0. The van der Waals surface area contributed by atoms with Gasteiger partial charge in [0.05, 0.1) is 0 Å². The molecule has 0 aliphatic heterocycles. The van der Waals surface area contributed by atoms with E-state index in [1.54, 1.807) is 7.05 Å². The van der Waals surface area contributed by atoms with E-state index in [-0.39, 0.29) is 0 Å². The Morgan fingerprint density at radius 1 is 0.938 bits per heavy atom. The van der Waals surface area contributed by atoms with Gasteiger partial charge in [0.25, 0.3) is 10.9 Å². The first-order chi connectivity index (χ1) is 7.63. The molecule has 82 valence electrons. The summed E-state index contributed by atoms with van der Waals surface area (Å²) in [6, 6.07) is 7.61. The van der Waals surface area contributed by atoms with Crippen LogP contribution >= 0.6 is 0 Å². The molecule has 0 radical (unpaired) electrons. The van der Waals surface area contributed by atoms with Crippen LogP contribution in [0, 0.1) is 6.92 Å². The van der Waals surface area contributed by atoms with E-state index in [9.17, 15) is 9.59 Å². The molecular formula is C12H12N2O2. The van der Waals surface area contributed by atoms with Gasteiger partial charge in [0.15, 0.2) is 0 Å². The summed E-state index contributed by atoms with van der Waals surface area (Å²) < 4.78 is 0. The molecule has 4 heteroatoms. The second kappa shape index (κ2) is 3.81. The number of nitrogens with one attached hydrogen (secondary N) is 2. The number of benzene rings is 1. The Bertz CT molecular complexity index is 578. The number of hydrogen-bond donors (Lipinski definition) is 2. The smallest absolute Gasteiger partial charge is 0.253 e. The predicted octanol–water partition coefficient (Wildman–Crippen LogP) is 1.38. The standard InChI is InChI=1S/C12H12N2O2/c1-7-3-5-8(6-4-7)14-10-9(13-2)11(15)12(10)16/h3-6,13-14H,1-2H3. The van der Waals surface area contributed by atoms with Gasteiger partial charge in [0, 0.05) is 12.7 Å². The summed E-state index contributed by atoms with van der Waals surface area (Å²) in [7, 11) is 1.62. The Labute approximate surface area is 92.6 Å². The van der Waals surface area contributed by atoms with Crippen LogP contribution in [0.2, 0.25) is 0 Å². The van der Waals surface area contributed by atoms with E-state index in [2.05, 4.69) is 10.6 Å². The predicted molar refractivity (Wildman–Crippen MR) is 65.4 cm³/mol. The highest BCUT2D eigenvalue weighted by Gasteiger charge is 2.19. The van der Waals surface area contributed by atoms with Gasteiger partial charge in [-0.25, -0.2) is 0 Å². The lowest BCUT2D eigenvalue weighted by Crippen LogP contribution is -2.35. The van der Waals surface area contributed by atoms with Crippen molar-refractivity contribution in [1.29, 1.82) is 0 Å². The maximum absolute atomic E-state index is 11.3. The van der Waals surface area contributed by atoms with E-state index >= 15 is 0 Å². The summed E-state index contributed by atoms with van der Waals surface area (Å²) in [6.07, 6.45) is 0. The average molecular weight is 216 g/mol. The van der Waals surface area contributed by atoms with Crippen LogP contribution in [0.4, 0.5) is 17.1 Å². The van der Waals surface area contributed by atoms with E-state index in [4.69, 9.17) is 0 Å². The Morgan fingerprint density at radius 3 is 2.06 bits per heavy atom. The van der Waals surface area contributed by atoms with Crippen LogP contribution in [-0.2, 0) is 0 Å². The largest absolute Gasteiger partial charge is 0.383 e. The molecule has 0 atom stereocenters. The van der Waals surface area contributed by atoms with Crippen LogP contribution in [0.1, 0.15) is 5.56 Å². The van der Waals surface area contributed by atoms with E-state index in [0.717, 1.165) is 11.3 Å². The molecule has 0 saturated carbocycles. The van der Waals surface area contributed by atoms with Crippen LogP contribution in [0.3, 0.4) is 0 Å². The Balaban J connectivity index is 2.28. The lowest BCUT2D eigenvalue weighted by atomic mass is 10.1. The quantitative estimate of drug-likeness (QED) is 0.761. The molecule has 2 rings (SSSR count). The minimum Gasteiger partial charge on any atom is -0.383 e. The number of hydrogen-bond acceptors (Lipinski definition) is 4. The van der Waals surface area contributed by atoms with Crippen LogP contribution in [-0.4, -0.2) is 7.05 Å². The molecule has 4 nitrogen and oxygen atoms in total. The molecule has 0 heterocycles. The highest BCUT2D eigenvalue weighted by molar-refractivity contribution is 5.78. The maximum Gasteiger partial charge on any atom is 0.253 e. The van der Waals surface area contributed by atoms with E-state index in [1.165, 1.54) is 0 Å². The van der Waals surface area contributed by atoms with Crippen molar-refractivity contribution in [1.82, 2.24) is 0 Å². The molecule has 0 fully saturated rings. The first kappa shape index (κ1) is 10.4. The van der Waals surface area contributed by atoms with E-state index in [0.29, 0.717) is 11.4 Å². The van der Waals surface area contributed by atoms with Gasteiger partial charge in [-0.15, -0.1) is 0 Å². The fraction of sp³-hybridized carbons (Fsp3) is 0.167. The molecule has 2 N–H and O–H groups in total. The van der Waals surface area contributed by atoms with Crippen molar-refractivity contribution < 1.29 is 0 Å². The molecule has 0 saturated heterocycles. The molecule has 2 aromatic carbocycles. The second-order valence-corrected chi connectivity index (χ2v) is 3.65. The van der Waals surface area contributed by atoms with Crippen molar-refractivity contribution in [3.05, 3.63) is 50.3 Å². The van der Waals surface area contributed by atoms with E-state index in [1.807, 2.05) is 31.2 Å². The lowest BCUT2D eigenvalue weighted by Gasteiger charge is -2.12. The summed E-state index contributed by atoms with van der Waals surface area (Å²) in [5, 5.41) is 5.64. The van der Waals surface area contributed by atoms with E-state index < -0.39 is 10.9 Å². The van der Waals surface area contributed by atoms with Crippen molar-refractivity contribution >= 4 is 17.1 Å². The molecular weight excluding hydrogens is 204 g/mol. The number of rotatable bonds is 3. The van der Waals surface area contributed by atoms with Gasteiger partial charge in [-0.1, -0.05) is 17.7 Å². The molecule has 0 unspecified atom stereocenters. The minimum atomic E-state index is -0.468. The topological polar surface area (TPSA) is 58.2 Å². The third-order valence-corrected chi connectivity index (χ3v) is 2.48. The zero-order valence-corrected chi connectivity index (χ0v) is 9.13. The van der Waals surface area contributed by atoms with Gasteiger partial charge in [0.2, 0.25) is 0 Å². The van der Waals surface area contributed by atoms with Crippen molar-refractivity contribution in [3.63, 3.8) is 0 Å². The van der Waals surface area contributed by atoms with Crippen LogP contribution in [0.5, 0.6) is 0 Å². The summed E-state index contributed by atoms with van der Waals surface area (Å²) in [6.45, 7) is 1.99. The van der Waals surface area contributed by atoms with Gasteiger partial charge in [-0.2, -0.15) is 0 Å². The van der Waals surface area contributed by atoms with Crippen LogP contribution in [0.15, 0.2) is 33.9 Å². The third kappa shape index (κ3) is 1.58. The van der Waals surface area contributed by atoms with Crippen LogP contribution < -0.4 is 21.5 Å². The first-order valence-corrected chi connectivity index (χ1v) is 4.98. The minimum absolute atomic E-state index is 0.344. The molecule has 0 amide bonds. The fourth-order valence-corrected chi connectivity index (χ4v) is 1.53. The maximum atomic E-state index is 11.3. The Kier molecular flexibility index (Phi) is 2.48. The normalized spacial score (nSPS) is 10.4. The van der Waals surface area contributed by atoms with Gasteiger partial charge >= 0.3 is 0 Å². The van der Waals surface area contributed by atoms with Crippen molar-refractivity contribution in [2.45, 2.75) is 6.92 Å². The second-order valence-electron chi connectivity index (χ2n) is 3.65. The van der Waals surface area contributed by atoms with Gasteiger partial charge < -0.3 is 10.6 Å². The Morgan fingerprint density at radius 2 is 1.50 bits per heavy atom. The molecule has 16 heavy (non-hydrogen) atoms. The molecule has 2 aromatic rings. The van der Waals surface area contributed by atoms with Gasteiger partial charge in [-0.05, 0) is 19.1 Å². The monoisotopic (exact) mass is 216 g/mol.